The van der Waals surface area contributed by atoms with Crippen LogP contribution in [0.5, 0.6) is 0 Å². The number of hydrogen-bond donors (Lipinski definition) is 0. The van der Waals surface area contributed by atoms with Crippen LogP contribution in [0.15, 0.2) is 23.2 Å². The molecule has 0 spiro atoms. The van der Waals surface area contributed by atoms with Crippen LogP contribution in [-0.2, 0) is 10.0 Å². The van der Waals surface area contributed by atoms with Gasteiger partial charge in [-0.25, -0.2) is 13.4 Å². The van der Waals surface area contributed by atoms with Gasteiger partial charge in [0.05, 0.1) is 11.0 Å². The Balaban J connectivity index is 2.98. The van der Waals surface area contributed by atoms with Crippen molar-refractivity contribution in [2.24, 2.45) is 0 Å². The number of sulfonamides is 1. The Labute approximate surface area is 99.3 Å². The van der Waals surface area contributed by atoms with Crippen molar-refractivity contribution in [1.29, 1.82) is 5.26 Å². The molecule has 0 bridgehead atoms. The fourth-order valence-corrected chi connectivity index (χ4v) is 2.48. The fraction of sp³-hybridized carbons (Fsp3) is 0.333. The molecule has 0 atom stereocenters. The van der Waals surface area contributed by atoms with E-state index in [9.17, 15) is 8.42 Å². The van der Waals surface area contributed by atoms with Crippen LogP contribution in [0, 0.1) is 11.3 Å². The monoisotopic (exact) mass is 259 g/mol. The van der Waals surface area contributed by atoms with Crippen LogP contribution in [0.2, 0.25) is 5.15 Å². The zero-order valence-corrected chi connectivity index (χ0v) is 10.2. The highest BCUT2D eigenvalue weighted by Gasteiger charge is 2.20. The summed E-state index contributed by atoms with van der Waals surface area (Å²) in [6.07, 6.45) is 1.47. The summed E-state index contributed by atoms with van der Waals surface area (Å²) in [4.78, 5) is 3.78. The molecule has 0 unspecified atom stereocenters. The number of aromatic nitrogens is 1. The molecular weight excluding hydrogens is 250 g/mol. The third-order valence-electron chi connectivity index (χ3n) is 1.94. The number of hydrogen-bond acceptors (Lipinski definition) is 4. The van der Waals surface area contributed by atoms with Crippen molar-refractivity contribution >= 4 is 21.6 Å². The molecule has 0 aliphatic carbocycles. The predicted molar refractivity (Wildman–Crippen MR) is 59.3 cm³/mol. The van der Waals surface area contributed by atoms with Crippen LogP contribution in [0.3, 0.4) is 0 Å². The maximum Gasteiger partial charge on any atom is 0.243 e. The molecule has 0 radical (unpaired) electrons. The molecule has 1 rings (SSSR count). The van der Waals surface area contributed by atoms with E-state index in [1.165, 1.54) is 25.4 Å². The second-order valence-corrected chi connectivity index (χ2v) is 5.48. The van der Waals surface area contributed by atoms with E-state index in [0.717, 1.165) is 4.31 Å². The Bertz CT molecular complexity index is 510. The largest absolute Gasteiger partial charge is 0.244 e. The third kappa shape index (κ3) is 2.92. The normalized spacial score (nSPS) is 11.4. The van der Waals surface area contributed by atoms with Crippen molar-refractivity contribution < 1.29 is 8.42 Å². The molecule has 0 aromatic carbocycles. The van der Waals surface area contributed by atoms with Crippen LogP contribution in [-0.4, -0.2) is 31.3 Å². The van der Waals surface area contributed by atoms with Crippen LogP contribution in [0.4, 0.5) is 0 Å². The molecule has 0 fully saturated rings. The molecule has 1 heterocycles. The lowest BCUT2D eigenvalue weighted by Crippen LogP contribution is -2.27. The van der Waals surface area contributed by atoms with E-state index in [4.69, 9.17) is 16.9 Å². The molecular formula is C9H10ClN3O2S. The summed E-state index contributed by atoms with van der Waals surface area (Å²) in [5, 5.41) is 8.51. The first-order valence-corrected chi connectivity index (χ1v) is 6.25. The molecule has 0 amide bonds. The Morgan fingerprint density at radius 1 is 1.62 bits per heavy atom. The lowest BCUT2D eigenvalue weighted by Gasteiger charge is -2.15. The highest BCUT2D eigenvalue weighted by molar-refractivity contribution is 7.89. The summed E-state index contributed by atoms with van der Waals surface area (Å²) >= 11 is 5.61. The van der Waals surface area contributed by atoms with Crippen molar-refractivity contribution in [2.45, 2.75) is 11.3 Å². The van der Waals surface area contributed by atoms with E-state index >= 15 is 0 Å². The van der Waals surface area contributed by atoms with Gasteiger partial charge in [0.15, 0.2) is 0 Å². The van der Waals surface area contributed by atoms with E-state index in [1.54, 1.807) is 0 Å². The zero-order chi connectivity index (χ0) is 12.2. The van der Waals surface area contributed by atoms with Gasteiger partial charge in [0, 0.05) is 26.2 Å². The van der Waals surface area contributed by atoms with Crippen molar-refractivity contribution in [3.05, 3.63) is 23.5 Å². The van der Waals surface area contributed by atoms with Gasteiger partial charge in [-0.15, -0.1) is 0 Å². The lowest BCUT2D eigenvalue weighted by molar-refractivity contribution is 0.476. The van der Waals surface area contributed by atoms with E-state index in [1.807, 2.05) is 6.07 Å². The van der Waals surface area contributed by atoms with Crippen LogP contribution in [0.25, 0.3) is 0 Å². The third-order valence-corrected chi connectivity index (χ3v) is 4.00. The van der Waals surface area contributed by atoms with Crippen LogP contribution < -0.4 is 0 Å². The van der Waals surface area contributed by atoms with Gasteiger partial charge in [-0.2, -0.15) is 9.57 Å². The Hall–Kier alpha value is -1.16. The van der Waals surface area contributed by atoms with E-state index in [-0.39, 0.29) is 23.0 Å². The van der Waals surface area contributed by atoms with Gasteiger partial charge in [-0.1, -0.05) is 11.6 Å². The van der Waals surface area contributed by atoms with Gasteiger partial charge >= 0.3 is 0 Å². The van der Waals surface area contributed by atoms with Crippen molar-refractivity contribution in [3.63, 3.8) is 0 Å². The molecule has 0 N–H and O–H groups in total. The molecule has 0 aliphatic heterocycles. The summed E-state index contributed by atoms with van der Waals surface area (Å²) in [6, 6.07) is 4.53. The Morgan fingerprint density at radius 2 is 2.31 bits per heavy atom. The number of rotatable bonds is 4. The van der Waals surface area contributed by atoms with Gasteiger partial charge in [0.1, 0.15) is 5.15 Å². The average Bonchev–Trinajstić information content (AvgIpc) is 2.25. The first-order chi connectivity index (χ1) is 7.48. The molecule has 16 heavy (non-hydrogen) atoms. The molecule has 7 heteroatoms. The van der Waals surface area contributed by atoms with Crippen LogP contribution >= 0.6 is 11.6 Å². The Morgan fingerprint density at radius 3 is 2.88 bits per heavy atom. The number of nitrogens with zero attached hydrogens (tertiary/aromatic N) is 3. The lowest BCUT2D eigenvalue weighted by atomic mass is 10.5. The van der Waals surface area contributed by atoms with E-state index < -0.39 is 10.0 Å². The maximum atomic E-state index is 11.9. The minimum atomic E-state index is -3.58. The summed E-state index contributed by atoms with van der Waals surface area (Å²) < 4.78 is 25.0. The summed E-state index contributed by atoms with van der Waals surface area (Å²) in [6.45, 7) is 0.152. The van der Waals surface area contributed by atoms with E-state index in [2.05, 4.69) is 4.98 Å². The highest BCUT2D eigenvalue weighted by Crippen LogP contribution is 2.16. The average molecular weight is 260 g/mol. The quantitative estimate of drug-likeness (QED) is 0.763. The van der Waals surface area contributed by atoms with Gasteiger partial charge in [-0.05, 0) is 12.1 Å². The molecule has 0 saturated heterocycles. The van der Waals surface area contributed by atoms with Crippen LogP contribution in [0.1, 0.15) is 6.42 Å². The standard InChI is InChI=1S/C9H10ClN3O2S/c1-13(6-2-4-11)16(14,15)8-3-5-12-9(10)7-8/h3,5,7H,2,6H2,1H3. The van der Waals surface area contributed by atoms with Gasteiger partial charge < -0.3 is 0 Å². The minimum Gasteiger partial charge on any atom is -0.244 e. The molecule has 1 aromatic rings. The van der Waals surface area contributed by atoms with Gasteiger partial charge in [-0.3, -0.25) is 0 Å². The smallest absolute Gasteiger partial charge is 0.243 e. The minimum absolute atomic E-state index is 0.0768. The molecule has 86 valence electrons. The molecule has 5 nitrogen and oxygen atoms in total. The molecule has 1 aromatic heterocycles. The second kappa shape index (κ2) is 5.25. The summed E-state index contributed by atoms with van der Waals surface area (Å²) in [5.41, 5.74) is 0. The molecule has 0 aliphatic rings. The SMILES string of the molecule is CN(CCC#N)S(=O)(=O)c1ccnc(Cl)c1. The highest BCUT2D eigenvalue weighted by atomic mass is 35.5. The van der Waals surface area contributed by atoms with E-state index in [0.29, 0.717) is 0 Å². The first-order valence-electron chi connectivity index (χ1n) is 4.43. The van der Waals surface area contributed by atoms with Crippen molar-refractivity contribution in [2.75, 3.05) is 13.6 Å². The number of nitriles is 1. The predicted octanol–water partition coefficient (Wildman–Crippen LogP) is 1.27. The number of halogens is 1. The summed E-state index contributed by atoms with van der Waals surface area (Å²) in [5.74, 6) is 0. The fourth-order valence-electron chi connectivity index (χ4n) is 1.05. The Kier molecular flexibility index (Phi) is 4.24. The molecule has 0 saturated carbocycles. The van der Waals surface area contributed by atoms with Crippen molar-refractivity contribution in [3.8, 4) is 6.07 Å². The van der Waals surface area contributed by atoms with Gasteiger partial charge in [0.2, 0.25) is 10.0 Å². The topological polar surface area (TPSA) is 74.1 Å². The van der Waals surface area contributed by atoms with Gasteiger partial charge in [0.25, 0.3) is 0 Å². The second-order valence-electron chi connectivity index (χ2n) is 3.05. The zero-order valence-electron chi connectivity index (χ0n) is 8.59. The summed E-state index contributed by atoms with van der Waals surface area (Å²) in [7, 11) is -2.16. The van der Waals surface area contributed by atoms with Crippen molar-refractivity contribution in [1.82, 2.24) is 9.29 Å². The first kappa shape index (κ1) is 12.9. The maximum absolute atomic E-state index is 11.9. The number of pyridine rings is 1.